The van der Waals surface area contributed by atoms with Crippen LogP contribution in [0.2, 0.25) is 5.02 Å². The van der Waals surface area contributed by atoms with Crippen LogP contribution in [-0.4, -0.2) is 22.7 Å². The monoisotopic (exact) mass is 358 g/mol. The van der Waals surface area contributed by atoms with Gasteiger partial charge in [0.1, 0.15) is 5.75 Å². The number of aromatic nitrogens is 2. The zero-order valence-electron chi connectivity index (χ0n) is 13.4. The number of esters is 1. The molecule has 0 saturated heterocycles. The fourth-order valence-corrected chi connectivity index (χ4v) is 2.19. The van der Waals surface area contributed by atoms with Gasteiger partial charge in [-0.25, -0.2) is 4.79 Å². The lowest BCUT2D eigenvalue weighted by atomic mass is 10.2. The summed E-state index contributed by atoms with van der Waals surface area (Å²) in [6, 6.07) is 14.4. The number of para-hydroxylation sites is 1. The van der Waals surface area contributed by atoms with Gasteiger partial charge in [0.15, 0.2) is 13.2 Å². The maximum atomic E-state index is 11.8. The Kier molecular flexibility index (Phi) is 5.30. The van der Waals surface area contributed by atoms with Crippen LogP contribution >= 0.6 is 11.6 Å². The lowest BCUT2D eigenvalue weighted by molar-refractivity contribution is -0.148. The van der Waals surface area contributed by atoms with E-state index in [0.717, 1.165) is 11.1 Å². The molecule has 6 nitrogen and oxygen atoms in total. The fraction of sp³-hybridized carbons (Fsp3) is 0.167. The van der Waals surface area contributed by atoms with Crippen LogP contribution in [0.5, 0.6) is 5.75 Å². The Labute approximate surface area is 149 Å². The third-order valence-electron chi connectivity index (χ3n) is 3.37. The Morgan fingerprint density at radius 1 is 1.16 bits per heavy atom. The van der Waals surface area contributed by atoms with Crippen molar-refractivity contribution in [2.24, 2.45) is 0 Å². The van der Waals surface area contributed by atoms with Gasteiger partial charge in [0.25, 0.3) is 5.89 Å². The highest BCUT2D eigenvalue weighted by Crippen LogP contribution is 2.19. The van der Waals surface area contributed by atoms with E-state index < -0.39 is 5.97 Å². The van der Waals surface area contributed by atoms with Crippen molar-refractivity contribution >= 4 is 17.6 Å². The Balaban J connectivity index is 1.51. The number of ether oxygens (including phenoxy) is 2. The zero-order chi connectivity index (χ0) is 17.6. The van der Waals surface area contributed by atoms with Crippen molar-refractivity contribution in [1.82, 2.24) is 10.1 Å². The molecule has 3 rings (SSSR count). The highest BCUT2D eigenvalue weighted by molar-refractivity contribution is 6.30. The number of hydrogen-bond acceptors (Lipinski definition) is 6. The normalized spacial score (nSPS) is 10.5. The number of halogens is 1. The molecule has 0 saturated carbocycles. The molecule has 0 spiro atoms. The molecular weight excluding hydrogens is 344 g/mol. The van der Waals surface area contributed by atoms with Gasteiger partial charge < -0.3 is 14.0 Å². The maximum Gasteiger partial charge on any atom is 0.344 e. The predicted octanol–water partition coefficient (Wildman–Crippen LogP) is 3.82. The van der Waals surface area contributed by atoms with Crippen molar-refractivity contribution in [2.45, 2.75) is 13.5 Å². The standard InChI is InChI=1S/C18H15ClN2O4/c1-12-4-2-3-5-15(12)23-11-17(22)24-10-16-20-18(21-25-16)13-6-8-14(19)9-7-13/h2-9H,10-11H2,1H3. The quantitative estimate of drug-likeness (QED) is 0.623. The van der Waals surface area contributed by atoms with E-state index in [1.54, 1.807) is 30.3 Å². The molecule has 0 amide bonds. The van der Waals surface area contributed by atoms with Crippen LogP contribution < -0.4 is 4.74 Å². The topological polar surface area (TPSA) is 74.5 Å². The van der Waals surface area contributed by atoms with Gasteiger partial charge >= 0.3 is 5.97 Å². The van der Waals surface area contributed by atoms with Crippen LogP contribution in [0.1, 0.15) is 11.5 Å². The minimum absolute atomic E-state index is 0.115. The number of carbonyl (C=O) groups is 1. The van der Waals surface area contributed by atoms with Gasteiger partial charge in [0.2, 0.25) is 5.82 Å². The summed E-state index contributed by atoms with van der Waals surface area (Å²) in [5.74, 6) is 0.727. The second-order valence-corrected chi connectivity index (χ2v) is 5.67. The second-order valence-electron chi connectivity index (χ2n) is 5.23. The molecule has 128 valence electrons. The molecule has 0 fully saturated rings. The summed E-state index contributed by atoms with van der Waals surface area (Å²) in [5.41, 5.74) is 1.70. The molecule has 0 radical (unpaired) electrons. The van der Waals surface area contributed by atoms with Crippen molar-refractivity contribution < 1.29 is 18.8 Å². The van der Waals surface area contributed by atoms with Gasteiger partial charge in [-0.1, -0.05) is 35.0 Å². The van der Waals surface area contributed by atoms with Gasteiger partial charge in [-0.2, -0.15) is 4.98 Å². The van der Waals surface area contributed by atoms with Crippen molar-refractivity contribution in [3.63, 3.8) is 0 Å². The highest BCUT2D eigenvalue weighted by atomic mass is 35.5. The smallest absolute Gasteiger partial charge is 0.344 e. The number of hydrogen-bond donors (Lipinski definition) is 0. The number of nitrogens with zero attached hydrogens (tertiary/aromatic N) is 2. The lowest BCUT2D eigenvalue weighted by Gasteiger charge is -2.07. The van der Waals surface area contributed by atoms with Gasteiger partial charge in [-0.15, -0.1) is 0 Å². The molecule has 0 unspecified atom stereocenters. The molecule has 0 atom stereocenters. The first-order valence-electron chi connectivity index (χ1n) is 7.54. The minimum Gasteiger partial charge on any atom is -0.482 e. The summed E-state index contributed by atoms with van der Waals surface area (Å²) in [6.45, 7) is 1.59. The summed E-state index contributed by atoms with van der Waals surface area (Å²) >= 11 is 5.84. The van der Waals surface area contributed by atoms with E-state index >= 15 is 0 Å². The van der Waals surface area contributed by atoms with Gasteiger partial charge in [0.05, 0.1) is 0 Å². The molecule has 0 aliphatic heterocycles. The summed E-state index contributed by atoms with van der Waals surface area (Å²) in [6.07, 6.45) is 0. The largest absolute Gasteiger partial charge is 0.482 e. The molecule has 0 N–H and O–H groups in total. The Morgan fingerprint density at radius 2 is 1.92 bits per heavy atom. The molecule has 2 aromatic carbocycles. The SMILES string of the molecule is Cc1ccccc1OCC(=O)OCc1nc(-c2ccc(Cl)cc2)no1. The van der Waals surface area contributed by atoms with Crippen molar-refractivity contribution in [2.75, 3.05) is 6.61 Å². The van der Waals surface area contributed by atoms with E-state index in [1.165, 1.54) is 0 Å². The third kappa shape index (κ3) is 4.58. The molecule has 0 bridgehead atoms. The first-order valence-corrected chi connectivity index (χ1v) is 7.92. The van der Waals surface area contributed by atoms with Crippen molar-refractivity contribution in [3.8, 4) is 17.1 Å². The second kappa shape index (κ2) is 7.81. The number of rotatable bonds is 6. The predicted molar refractivity (Wildman–Crippen MR) is 91.2 cm³/mol. The minimum atomic E-state index is -0.519. The van der Waals surface area contributed by atoms with Crippen molar-refractivity contribution in [3.05, 3.63) is 65.0 Å². The number of carbonyl (C=O) groups excluding carboxylic acids is 1. The summed E-state index contributed by atoms with van der Waals surface area (Å²) in [7, 11) is 0. The third-order valence-corrected chi connectivity index (χ3v) is 3.62. The Morgan fingerprint density at radius 3 is 2.68 bits per heavy atom. The summed E-state index contributed by atoms with van der Waals surface area (Å²) in [5, 5.41) is 4.47. The van der Waals surface area contributed by atoms with Gasteiger partial charge in [0, 0.05) is 10.6 Å². The molecular formula is C18H15ClN2O4. The van der Waals surface area contributed by atoms with Crippen LogP contribution in [0.15, 0.2) is 53.1 Å². The molecule has 7 heteroatoms. The average Bonchev–Trinajstić information content (AvgIpc) is 3.09. The van der Waals surface area contributed by atoms with Crippen LogP contribution in [0.3, 0.4) is 0 Å². The Hall–Kier alpha value is -2.86. The van der Waals surface area contributed by atoms with Crippen molar-refractivity contribution in [1.29, 1.82) is 0 Å². The molecule has 1 aromatic heterocycles. The first-order chi connectivity index (χ1) is 12.1. The van der Waals surface area contributed by atoms with Gasteiger partial charge in [-0.3, -0.25) is 0 Å². The molecule has 0 aliphatic rings. The molecule has 0 aliphatic carbocycles. The average molecular weight is 359 g/mol. The number of aryl methyl sites for hydroxylation is 1. The van der Waals surface area contributed by atoms with E-state index in [4.69, 9.17) is 25.6 Å². The number of benzene rings is 2. The van der Waals surface area contributed by atoms with E-state index in [2.05, 4.69) is 10.1 Å². The van der Waals surface area contributed by atoms with E-state index in [1.807, 2.05) is 25.1 Å². The zero-order valence-corrected chi connectivity index (χ0v) is 14.2. The highest BCUT2D eigenvalue weighted by Gasteiger charge is 2.12. The summed E-state index contributed by atoms with van der Waals surface area (Å²) < 4.78 is 15.6. The van der Waals surface area contributed by atoms with E-state index in [-0.39, 0.29) is 19.1 Å². The lowest BCUT2D eigenvalue weighted by Crippen LogP contribution is -2.15. The Bertz CT molecular complexity index is 862. The van der Waals surface area contributed by atoms with E-state index in [9.17, 15) is 4.79 Å². The summed E-state index contributed by atoms with van der Waals surface area (Å²) in [4.78, 5) is 15.9. The first kappa shape index (κ1) is 17.0. The molecule has 3 aromatic rings. The van der Waals surface area contributed by atoms with Crippen LogP contribution in [0, 0.1) is 6.92 Å². The maximum absolute atomic E-state index is 11.8. The van der Waals surface area contributed by atoms with E-state index in [0.29, 0.717) is 16.6 Å². The van der Waals surface area contributed by atoms with Gasteiger partial charge in [-0.05, 0) is 42.8 Å². The molecule has 1 heterocycles. The van der Waals surface area contributed by atoms with Crippen LogP contribution in [0.25, 0.3) is 11.4 Å². The van der Waals surface area contributed by atoms with Crippen LogP contribution in [0.4, 0.5) is 0 Å². The van der Waals surface area contributed by atoms with Crippen LogP contribution in [-0.2, 0) is 16.1 Å². The molecule has 25 heavy (non-hydrogen) atoms. The fourth-order valence-electron chi connectivity index (χ4n) is 2.07.